The predicted octanol–water partition coefficient (Wildman–Crippen LogP) is 4.00. The molecule has 0 heterocycles. The Balaban J connectivity index is 2.12. The van der Waals surface area contributed by atoms with Crippen molar-refractivity contribution in [3.63, 3.8) is 0 Å². The second-order valence-corrected chi connectivity index (χ2v) is 5.40. The smallest absolute Gasteiger partial charge is 0.314 e. The normalized spacial score (nSPS) is 11.9. The van der Waals surface area contributed by atoms with E-state index in [0.717, 1.165) is 15.6 Å². The van der Waals surface area contributed by atoms with Crippen LogP contribution in [0.1, 0.15) is 17.0 Å². The SMILES string of the molecule is Cc1ccc(OCC(C(=O)O)c2ccccc2)c(Br)c1. The number of hydrogen-bond donors (Lipinski definition) is 1. The first kappa shape index (κ1) is 14.6. The molecular weight excluding hydrogens is 320 g/mol. The number of carbonyl (C=O) groups is 1. The molecule has 0 spiro atoms. The Kier molecular flexibility index (Phi) is 4.79. The number of benzene rings is 2. The quantitative estimate of drug-likeness (QED) is 0.898. The zero-order valence-corrected chi connectivity index (χ0v) is 12.6. The molecule has 1 N–H and O–H groups in total. The maximum absolute atomic E-state index is 11.4. The summed E-state index contributed by atoms with van der Waals surface area (Å²) in [4.78, 5) is 11.4. The summed E-state index contributed by atoms with van der Waals surface area (Å²) >= 11 is 3.42. The van der Waals surface area contributed by atoms with Gasteiger partial charge < -0.3 is 9.84 Å². The third-order valence-electron chi connectivity index (χ3n) is 2.99. The van der Waals surface area contributed by atoms with E-state index in [9.17, 15) is 9.90 Å². The van der Waals surface area contributed by atoms with Crippen LogP contribution in [0.15, 0.2) is 53.0 Å². The number of ether oxygens (including phenoxy) is 1. The highest BCUT2D eigenvalue weighted by molar-refractivity contribution is 9.10. The highest BCUT2D eigenvalue weighted by Gasteiger charge is 2.20. The van der Waals surface area contributed by atoms with Crippen LogP contribution in [0.3, 0.4) is 0 Å². The lowest BCUT2D eigenvalue weighted by molar-refractivity contribution is -0.139. The van der Waals surface area contributed by atoms with Gasteiger partial charge in [0.1, 0.15) is 18.3 Å². The van der Waals surface area contributed by atoms with E-state index in [4.69, 9.17) is 4.74 Å². The van der Waals surface area contributed by atoms with Crippen LogP contribution >= 0.6 is 15.9 Å². The molecule has 20 heavy (non-hydrogen) atoms. The number of aryl methyl sites for hydroxylation is 1. The monoisotopic (exact) mass is 334 g/mol. The molecule has 104 valence electrons. The fourth-order valence-electron chi connectivity index (χ4n) is 1.89. The van der Waals surface area contributed by atoms with Crippen LogP contribution in [-0.4, -0.2) is 17.7 Å². The molecule has 0 aliphatic rings. The number of rotatable bonds is 5. The van der Waals surface area contributed by atoms with Gasteiger partial charge in [0.2, 0.25) is 0 Å². The third-order valence-corrected chi connectivity index (χ3v) is 3.61. The molecule has 0 bridgehead atoms. The summed E-state index contributed by atoms with van der Waals surface area (Å²) in [5.41, 5.74) is 1.85. The lowest BCUT2D eigenvalue weighted by Gasteiger charge is -2.15. The van der Waals surface area contributed by atoms with Crippen LogP contribution in [0.25, 0.3) is 0 Å². The fraction of sp³-hybridized carbons (Fsp3) is 0.188. The van der Waals surface area contributed by atoms with E-state index in [-0.39, 0.29) is 6.61 Å². The number of hydrogen-bond acceptors (Lipinski definition) is 2. The second kappa shape index (κ2) is 6.57. The first-order valence-electron chi connectivity index (χ1n) is 6.24. The number of carboxylic acids is 1. The molecule has 0 aliphatic heterocycles. The average molecular weight is 335 g/mol. The van der Waals surface area contributed by atoms with Gasteiger partial charge in [-0.05, 0) is 46.1 Å². The van der Waals surface area contributed by atoms with Crippen molar-refractivity contribution < 1.29 is 14.6 Å². The van der Waals surface area contributed by atoms with Crippen molar-refractivity contribution in [2.75, 3.05) is 6.61 Å². The number of carboxylic acid groups (broad SMARTS) is 1. The molecule has 0 fully saturated rings. The molecule has 2 aromatic carbocycles. The molecule has 0 saturated heterocycles. The molecule has 0 aromatic heterocycles. The summed E-state index contributed by atoms with van der Waals surface area (Å²) in [6, 6.07) is 14.8. The van der Waals surface area contributed by atoms with Crippen molar-refractivity contribution in [2.45, 2.75) is 12.8 Å². The van der Waals surface area contributed by atoms with Crippen molar-refractivity contribution >= 4 is 21.9 Å². The van der Waals surface area contributed by atoms with Crippen LogP contribution < -0.4 is 4.74 Å². The van der Waals surface area contributed by atoms with E-state index < -0.39 is 11.9 Å². The van der Waals surface area contributed by atoms with E-state index in [1.165, 1.54) is 0 Å². The molecule has 0 radical (unpaired) electrons. The summed E-state index contributed by atoms with van der Waals surface area (Å²) in [5, 5.41) is 9.33. The molecule has 2 rings (SSSR count). The molecule has 0 aliphatic carbocycles. The lowest BCUT2D eigenvalue weighted by Crippen LogP contribution is -2.19. The van der Waals surface area contributed by atoms with Crippen molar-refractivity contribution in [1.82, 2.24) is 0 Å². The van der Waals surface area contributed by atoms with E-state index in [1.807, 2.05) is 43.3 Å². The standard InChI is InChI=1S/C16H15BrO3/c1-11-7-8-15(14(17)9-11)20-10-13(16(18)19)12-5-3-2-4-6-12/h2-9,13H,10H2,1H3,(H,18,19). The van der Waals surface area contributed by atoms with Crippen LogP contribution in [0.4, 0.5) is 0 Å². The maximum atomic E-state index is 11.4. The maximum Gasteiger partial charge on any atom is 0.314 e. The van der Waals surface area contributed by atoms with Crippen LogP contribution in [0, 0.1) is 6.92 Å². The zero-order valence-electron chi connectivity index (χ0n) is 11.0. The van der Waals surface area contributed by atoms with Crippen molar-refractivity contribution in [3.05, 3.63) is 64.1 Å². The lowest BCUT2D eigenvalue weighted by atomic mass is 10.0. The van der Waals surface area contributed by atoms with Crippen molar-refractivity contribution in [1.29, 1.82) is 0 Å². The predicted molar refractivity (Wildman–Crippen MR) is 81.2 cm³/mol. The van der Waals surface area contributed by atoms with Crippen LogP contribution in [0.5, 0.6) is 5.75 Å². The Bertz CT molecular complexity index is 596. The summed E-state index contributed by atoms with van der Waals surface area (Å²) in [6.45, 7) is 2.08. The Morgan fingerprint density at radius 3 is 2.55 bits per heavy atom. The summed E-state index contributed by atoms with van der Waals surface area (Å²) in [5.74, 6) is -0.915. The summed E-state index contributed by atoms with van der Waals surface area (Å²) in [7, 11) is 0. The number of halogens is 1. The van der Waals surface area contributed by atoms with Gasteiger partial charge >= 0.3 is 5.97 Å². The topological polar surface area (TPSA) is 46.5 Å². The Morgan fingerprint density at radius 2 is 1.95 bits per heavy atom. The van der Waals surface area contributed by atoms with Gasteiger partial charge in [0.15, 0.2) is 0 Å². The van der Waals surface area contributed by atoms with Gasteiger partial charge in [-0.3, -0.25) is 4.79 Å². The minimum atomic E-state index is -0.889. The molecule has 3 nitrogen and oxygen atoms in total. The van der Waals surface area contributed by atoms with Crippen LogP contribution in [0.2, 0.25) is 0 Å². The minimum absolute atomic E-state index is 0.0982. The van der Waals surface area contributed by atoms with Gasteiger partial charge in [-0.25, -0.2) is 0 Å². The molecular formula is C16H15BrO3. The Hall–Kier alpha value is -1.81. The Morgan fingerprint density at radius 1 is 1.25 bits per heavy atom. The molecule has 4 heteroatoms. The highest BCUT2D eigenvalue weighted by atomic mass is 79.9. The molecule has 1 atom stereocenters. The Labute approximate surface area is 126 Å². The van der Waals surface area contributed by atoms with E-state index >= 15 is 0 Å². The van der Waals surface area contributed by atoms with Gasteiger partial charge in [-0.1, -0.05) is 36.4 Å². The molecule has 2 aromatic rings. The molecule has 0 saturated carbocycles. The van der Waals surface area contributed by atoms with E-state index in [2.05, 4.69) is 15.9 Å². The van der Waals surface area contributed by atoms with Gasteiger partial charge in [-0.2, -0.15) is 0 Å². The van der Waals surface area contributed by atoms with E-state index in [0.29, 0.717) is 5.75 Å². The minimum Gasteiger partial charge on any atom is -0.491 e. The van der Waals surface area contributed by atoms with Gasteiger partial charge in [0, 0.05) is 0 Å². The van der Waals surface area contributed by atoms with Crippen molar-refractivity contribution in [2.24, 2.45) is 0 Å². The van der Waals surface area contributed by atoms with E-state index in [1.54, 1.807) is 12.1 Å². The highest BCUT2D eigenvalue weighted by Crippen LogP contribution is 2.27. The second-order valence-electron chi connectivity index (χ2n) is 4.55. The number of aliphatic carboxylic acids is 1. The first-order valence-corrected chi connectivity index (χ1v) is 7.04. The first-order chi connectivity index (χ1) is 9.58. The largest absolute Gasteiger partial charge is 0.491 e. The molecule has 0 amide bonds. The molecule has 1 unspecified atom stereocenters. The van der Waals surface area contributed by atoms with Crippen molar-refractivity contribution in [3.8, 4) is 5.75 Å². The summed E-state index contributed by atoms with van der Waals surface area (Å²) < 4.78 is 6.47. The average Bonchev–Trinajstić information content (AvgIpc) is 2.42. The van der Waals surface area contributed by atoms with Gasteiger partial charge in [0.05, 0.1) is 4.47 Å². The fourth-order valence-corrected chi connectivity index (χ4v) is 2.50. The summed E-state index contributed by atoms with van der Waals surface area (Å²) in [6.07, 6.45) is 0. The van der Waals surface area contributed by atoms with Crippen LogP contribution in [-0.2, 0) is 4.79 Å². The zero-order chi connectivity index (χ0) is 14.5. The van der Waals surface area contributed by atoms with Gasteiger partial charge in [-0.15, -0.1) is 0 Å². The van der Waals surface area contributed by atoms with Gasteiger partial charge in [0.25, 0.3) is 0 Å². The third kappa shape index (κ3) is 3.61.